The SMILES string of the molecule is O=C(Nc1ccc2ncccc2c1)C1C=CC=C1. The molecule has 0 atom stereocenters. The highest BCUT2D eigenvalue weighted by molar-refractivity contribution is 5.97. The van der Waals surface area contributed by atoms with Crippen molar-refractivity contribution in [3.05, 3.63) is 60.8 Å². The second-order valence-electron chi connectivity index (χ2n) is 4.20. The second kappa shape index (κ2) is 4.45. The molecule has 18 heavy (non-hydrogen) atoms. The van der Waals surface area contributed by atoms with Crippen molar-refractivity contribution in [3.63, 3.8) is 0 Å². The van der Waals surface area contributed by atoms with E-state index < -0.39 is 0 Å². The molecule has 1 N–H and O–H groups in total. The van der Waals surface area contributed by atoms with Gasteiger partial charge in [-0.05, 0) is 24.3 Å². The van der Waals surface area contributed by atoms with Gasteiger partial charge in [-0.3, -0.25) is 9.78 Å². The number of fused-ring (bicyclic) bond motifs is 1. The number of anilines is 1. The Morgan fingerprint density at radius 1 is 1.17 bits per heavy atom. The number of rotatable bonds is 2. The molecule has 3 heteroatoms. The van der Waals surface area contributed by atoms with Gasteiger partial charge in [0.1, 0.15) is 0 Å². The first kappa shape index (κ1) is 10.7. The van der Waals surface area contributed by atoms with Crippen molar-refractivity contribution in [1.29, 1.82) is 0 Å². The maximum atomic E-state index is 11.9. The Morgan fingerprint density at radius 2 is 2.00 bits per heavy atom. The minimum atomic E-state index is -0.158. The van der Waals surface area contributed by atoms with Crippen LogP contribution in [0.2, 0.25) is 0 Å². The summed E-state index contributed by atoms with van der Waals surface area (Å²) in [6.07, 6.45) is 9.27. The van der Waals surface area contributed by atoms with E-state index in [1.807, 2.05) is 54.6 Å². The van der Waals surface area contributed by atoms with Crippen molar-refractivity contribution in [3.8, 4) is 0 Å². The number of amides is 1. The number of pyridine rings is 1. The Hall–Kier alpha value is -2.42. The Balaban J connectivity index is 1.84. The Morgan fingerprint density at radius 3 is 2.83 bits per heavy atom. The summed E-state index contributed by atoms with van der Waals surface area (Å²) in [5.41, 5.74) is 1.73. The highest BCUT2D eigenvalue weighted by atomic mass is 16.1. The van der Waals surface area contributed by atoms with E-state index in [0.717, 1.165) is 16.6 Å². The molecule has 88 valence electrons. The predicted molar refractivity (Wildman–Crippen MR) is 72.1 cm³/mol. The Labute approximate surface area is 105 Å². The van der Waals surface area contributed by atoms with Crippen LogP contribution in [-0.4, -0.2) is 10.9 Å². The average molecular weight is 236 g/mol. The van der Waals surface area contributed by atoms with Gasteiger partial charge in [0.25, 0.3) is 0 Å². The molecular weight excluding hydrogens is 224 g/mol. The number of carbonyl (C=O) groups is 1. The average Bonchev–Trinajstić information content (AvgIpc) is 2.92. The van der Waals surface area contributed by atoms with Gasteiger partial charge in [0.05, 0.1) is 11.4 Å². The van der Waals surface area contributed by atoms with Crippen LogP contribution in [0.5, 0.6) is 0 Å². The fourth-order valence-corrected chi connectivity index (χ4v) is 1.99. The smallest absolute Gasteiger partial charge is 0.235 e. The molecule has 0 unspecified atom stereocenters. The van der Waals surface area contributed by atoms with Gasteiger partial charge in [0, 0.05) is 17.3 Å². The molecule has 1 aliphatic carbocycles. The third-order valence-corrected chi connectivity index (χ3v) is 2.92. The second-order valence-corrected chi connectivity index (χ2v) is 4.20. The maximum Gasteiger partial charge on any atom is 0.235 e. The molecule has 3 rings (SSSR count). The molecule has 1 aliphatic rings. The van der Waals surface area contributed by atoms with E-state index in [2.05, 4.69) is 10.3 Å². The number of allylic oxidation sites excluding steroid dienone is 2. The lowest BCUT2D eigenvalue weighted by Crippen LogP contribution is -2.18. The van der Waals surface area contributed by atoms with Crippen molar-refractivity contribution < 1.29 is 4.79 Å². The van der Waals surface area contributed by atoms with Crippen LogP contribution in [0.4, 0.5) is 5.69 Å². The number of benzene rings is 1. The van der Waals surface area contributed by atoms with Crippen molar-refractivity contribution in [2.75, 3.05) is 5.32 Å². The van der Waals surface area contributed by atoms with Crippen molar-refractivity contribution in [1.82, 2.24) is 4.98 Å². The molecule has 0 saturated heterocycles. The minimum absolute atomic E-state index is 0.0109. The lowest BCUT2D eigenvalue weighted by atomic mass is 10.1. The topological polar surface area (TPSA) is 42.0 Å². The fourth-order valence-electron chi connectivity index (χ4n) is 1.99. The molecular formula is C15H12N2O. The zero-order chi connectivity index (χ0) is 12.4. The third-order valence-electron chi connectivity index (χ3n) is 2.92. The molecule has 0 saturated carbocycles. The predicted octanol–water partition coefficient (Wildman–Crippen LogP) is 2.92. The number of carbonyl (C=O) groups excluding carboxylic acids is 1. The third kappa shape index (κ3) is 2.02. The summed E-state index contributed by atoms with van der Waals surface area (Å²) in [5.74, 6) is -0.169. The summed E-state index contributed by atoms with van der Waals surface area (Å²) in [6.45, 7) is 0. The monoisotopic (exact) mass is 236 g/mol. The van der Waals surface area contributed by atoms with Crippen molar-refractivity contribution in [2.24, 2.45) is 5.92 Å². The first-order valence-electron chi connectivity index (χ1n) is 5.83. The normalized spacial score (nSPS) is 14.2. The number of nitrogens with one attached hydrogen (secondary N) is 1. The van der Waals surface area contributed by atoms with Crippen LogP contribution in [0.25, 0.3) is 10.9 Å². The molecule has 0 radical (unpaired) electrons. The molecule has 2 aromatic rings. The van der Waals surface area contributed by atoms with E-state index in [-0.39, 0.29) is 11.8 Å². The van der Waals surface area contributed by atoms with E-state index in [0.29, 0.717) is 0 Å². The van der Waals surface area contributed by atoms with Gasteiger partial charge >= 0.3 is 0 Å². The van der Waals surface area contributed by atoms with E-state index in [9.17, 15) is 4.79 Å². The molecule has 1 aromatic heterocycles. The van der Waals surface area contributed by atoms with Gasteiger partial charge in [0.2, 0.25) is 5.91 Å². The highest BCUT2D eigenvalue weighted by Crippen LogP contribution is 2.18. The summed E-state index contributed by atoms with van der Waals surface area (Å²) in [7, 11) is 0. The summed E-state index contributed by atoms with van der Waals surface area (Å²) in [5, 5.41) is 3.93. The summed E-state index contributed by atoms with van der Waals surface area (Å²) >= 11 is 0. The molecule has 1 amide bonds. The largest absolute Gasteiger partial charge is 0.325 e. The van der Waals surface area contributed by atoms with Crippen molar-refractivity contribution >= 4 is 22.5 Å². The lowest BCUT2D eigenvalue weighted by molar-refractivity contribution is -0.117. The van der Waals surface area contributed by atoms with Crippen molar-refractivity contribution in [2.45, 2.75) is 0 Å². The van der Waals surface area contributed by atoms with Gasteiger partial charge in [0.15, 0.2) is 0 Å². The van der Waals surface area contributed by atoms with Gasteiger partial charge in [-0.15, -0.1) is 0 Å². The molecule has 0 aliphatic heterocycles. The summed E-state index contributed by atoms with van der Waals surface area (Å²) in [6, 6.07) is 9.58. The Bertz CT molecular complexity index is 646. The standard InChI is InChI=1S/C15H12N2O/c18-15(11-4-1-2-5-11)17-13-7-8-14-12(10-13)6-3-9-16-14/h1-11H,(H,17,18). The quantitative estimate of drug-likeness (QED) is 0.871. The van der Waals surface area contributed by atoms with Gasteiger partial charge in [-0.2, -0.15) is 0 Å². The van der Waals surface area contributed by atoms with Crippen LogP contribution in [0.3, 0.4) is 0 Å². The molecule has 1 aromatic carbocycles. The molecule has 0 spiro atoms. The number of hydrogen-bond donors (Lipinski definition) is 1. The number of hydrogen-bond acceptors (Lipinski definition) is 2. The number of aromatic nitrogens is 1. The van der Waals surface area contributed by atoms with Crippen LogP contribution < -0.4 is 5.32 Å². The first-order valence-corrected chi connectivity index (χ1v) is 5.83. The fraction of sp³-hybridized carbons (Fsp3) is 0.0667. The van der Waals surface area contributed by atoms with Gasteiger partial charge < -0.3 is 5.32 Å². The van der Waals surface area contributed by atoms with E-state index >= 15 is 0 Å². The van der Waals surface area contributed by atoms with Crippen LogP contribution in [0.15, 0.2) is 60.8 Å². The van der Waals surface area contributed by atoms with Gasteiger partial charge in [-0.1, -0.05) is 30.4 Å². The maximum absolute atomic E-state index is 11.9. The summed E-state index contributed by atoms with van der Waals surface area (Å²) < 4.78 is 0. The number of nitrogens with zero attached hydrogens (tertiary/aromatic N) is 1. The Kier molecular flexibility index (Phi) is 2.65. The molecule has 1 heterocycles. The molecule has 3 nitrogen and oxygen atoms in total. The highest BCUT2D eigenvalue weighted by Gasteiger charge is 2.14. The van der Waals surface area contributed by atoms with Crippen LogP contribution in [0.1, 0.15) is 0 Å². The molecule has 0 bridgehead atoms. The van der Waals surface area contributed by atoms with E-state index in [4.69, 9.17) is 0 Å². The zero-order valence-electron chi connectivity index (χ0n) is 9.71. The molecule has 0 fully saturated rings. The van der Waals surface area contributed by atoms with E-state index in [1.54, 1.807) is 6.20 Å². The van der Waals surface area contributed by atoms with Crippen LogP contribution >= 0.6 is 0 Å². The van der Waals surface area contributed by atoms with Crippen LogP contribution in [0, 0.1) is 5.92 Å². The van der Waals surface area contributed by atoms with Crippen LogP contribution in [-0.2, 0) is 4.79 Å². The first-order chi connectivity index (χ1) is 8.83. The lowest BCUT2D eigenvalue weighted by Gasteiger charge is -2.08. The zero-order valence-corrected chi connectivity index (χ0v) is 9.71. The summed E-state index contributed by atoms with van der Waals surface area (Å²) in [4.78, 5) is 16.2. The minimum Gasteiger partial charge on any atom is -0.325 e. The van der Waals surface area contributed by atoms with E-state index in [1.165, 1.54) is 0 Å². The van der Waals surface area contributed by atoms with Gasteiger partial charge in [-0.25, -0.2) is 0 Å².